The molecule has 1 saturated carbocycles. The SMILES string of the molecule is COc1cc(C=Nn2c(C3CCCCC3)nc3ccc(Br)cc3c2=O)cc(Cl)c1OCC(=O)Nc1ccc(C)cc1. The van der Waals surface area contributed by atoms with Crippen LogP contribution in [0.2, 0.25) is 5.02 Å². The first-order valence-electron chi connectivity index (χ1n) is 13.5. The molecule has 0 spiro atoms. The van der Waals surface area contributed by atoms with Gasteiger partial charge >= 0.3 is 0 Å². The van der Waals surface area contributed by atoms with Crippen molar-refractivity contribution in [2.45, 2.75) is 44.9 Å². The summed E-state index contributed by atoms with van der Waals surface area (Å²) in [5.74, 6) is 1.06. The van der Waals surface area contributed by atoms with Crippen molar-refractivity contribution in [1.82, 2.24) is 9.66 Å². The van der Waals surface area contributed by atoms with Crippen molar-refractivity contribution in [3.05, 3.63) is 91.4 Å². The highest BCUT2D eigenvalue weighted by Gasteiger charge is 2.23. The van der Waals surface area contributed by atoms with Crippen LogP contribution in [0.3, 0.4) is 0 Å². The van der Waals surface area contributed by atoms with Gasteiger partial charge in [-0.15, -0.1) is 0 Å². The summed E-state index contributed by atoms with van der Waals surface area (Å²) in [5.41, 5.74) is 2.79. The fraction of sp³-hybridized carbons (Fsp3) is 0.290. The maximum atomic E-state index is 13.6. The number of ether oxygens (including phenoxy) is 2. The van der Waals surface area contributed by atoms with Crippen molar-refractivity contribution in [1.29, 1.82) is 0 Å². The molecule has 1 N–H and O–H groups in total. The van der Waals surface area contributed by atoms with Gasteiger partial charge < -0.3 is 14.8 Å². The highest BCUT2D eigenvalue weighted by molar-refractivity contribution is 9.10. The maximum Gasteiger partial charge on any atom is 0.282 e. The molecule has 0 aliphatic heterocycles. The van der Waals surface area contributed by atoms with Crippen LogP contribution in [-0.4, -0.2) is 35.5 Å². The normalized spacial score (nSPS) is 14.0. The Morgan fingerprint density at radius 1 is 1.15 bits per heavy atom. The summed E-state index contributed by atoms with van der Waals surface area (Å²) in [6.45, 7) is 1.72. The van der Waals surface area contributed by atoms with E-state index in [1.165, 1.54) is 18.2 Å². The molecule has 1 heterocycles. The predicted molar refractivity (Wildman–Crippen MR) is 166 cm³/mol. The average Bonchev–Trinajstić information content (AvgIpc) is 2.97. The average molecular weight is 638 g/mol. The van der Waals surface area contributed by atoms with Crippen LogP contribution in [0.5, 0.6) is 11.5 Å². The largest absolute Gasteiger partial charge is 0.493 e. The molecular weight excluding hydrogens is 608 g/mol. The van der Waals surface area contributed by atoms with Gasteiger partial charge in [-0.05, 0) is 67.8 Å². The number of halogens is 2. The van der Waals surface area contributed by atoms with Crippen molar-refractivity contribution in [2.24, 2.45) is 5.10 Å². The first kappa shape index (κ1) is 28.8. The van der Waals surface area contributed by atoms with Crippen molar-refractivity contribution in [3.63, 3.8) is 0 Å². The smallest absolute Gasteiger partial charge is 0.282 e. The molecule has 4 aromatic rings. The number of aromatic nitrogens is 2. The molecule has 1 fully saturated rings. The molecule has 0 bridgehead atoms. The molecule has 1 amide bonds. The van der Waals surface area contributed by atoms with E-state index in [1.807, 2.05) is 43.3 Å². The van der Waals surface area contributed by atoms with E-state index in [4.69, 9.17) is 26.1 Å². The Hall–Kier alpha value is -3.69. The van der Waals surface area contributed by atoms with E-state index >= 15 is 0 Å². The third-order valence-electron chi connectivity index (χ3n) is 7.06. The van der Waals surface area contributed by atoms with Gasteiger partial charge in [0.15, 0.2) is 18.1 Å². The van der Waals surface area contributed by atoms with Gasteiger partial charge in [-0.25, -0.2) is 4.98 Å². The zero-order valence-electron chi connectivity index (χ0n) is 22.8. The first-order chi connectivity index (χ1) is 19.8. The van der Waals surface area contributed by atoms with Gasteiger partial charge in [0, 0.05) is 16.1 Å². The summed E-state index contributed by atoms with van der Waals surface area (Å²) in [7, 11) is 1.49. The number of benzene rings is 3. The Balaban J connectivity index is 1.41. The molecule has 8 nitrogen and oxygen atoms in total. The number of fused-ring (bicyclic) bond motifs is 1. The third kappa shape index (κ3) is 6.80. The summed E-state index contributed by atoms with van der Waals surface area (Å²) in [6, 6.07) is 16.3. The van der Waals surface area contributed by atoms with E-state index in [1.54, 1.807) is 24.4 Å². The minimum Gasteiger partial charge on any atom is -0.493 e. The zero-order valence-corrected chi connectivity index (χ0v) is 25.2. The Morgan fingerprint density at radius 2 is 1.90 bits per heavy atom. The molecule has 1 aromatic heterocycles. The summed E-state index contributed by atoms with van der Waals surface area (Å²) >= 11 is 10.0. The fourth-order valence-electron chi connectivity index (χ4n) is 4.95. The number of carbonyl (C=O) groups is 1. The van der Waals surface area contributed by atoms with Gasteiger partial charge in [-0.1, -0.05) is 64.5 Å². The van der Waals surface area contributed by atoms with Gasteiger partial charge in [0.1, 0.15) is 5.82 Å². The van der Waals surface area contributed by atoms with Crippen molar-refractivity contribution < 1.29 is 14.3 Å². The van der Waals surface area contributed by atoms with Crippen molar-refractivity contribution >= 4 is 56.2 Å². The van der Waals surface area contributed by atoms with Gasteiger partial charge in [0.2, 0.25) is 0 Å². The second kappa shape index (κ2) is 12.9. The Labute approximate surface area is 251 Å². The Kier molecular flexibility index (Phi) is 9.05. The highest BCUT2D eigenvalue weighted by Crippen LogP contribution is 2.36. The number of hydrogen-bond acceptors (Lipinski definition) is 6. The number of methoxy groups -OCH3 is 1. The topological polar surface area (TPSA) is 94.8 Å². The minimum atomic E-state index is -0.331. The maximum absolute atomic E-state index is 13.6. The highest BCUT2D eigenvalue weighted by atomic mass is 79.9. The number of nitrogens with zero attached hydrogens (tertiary/aromatic N) is 3. The molecule has 212 valence electrons. The monoisotopic (exact) mass is 636 g/mol. The summed E-state index contributed by atoms with van der Waals surface area (Å²) in [6.07, 6.45) is 6.87. The fourth-order valence-corrected chi connectivity index (χ4v) is 5.59. The van der Waals surface area contributed by atoms with Crippen LogP contribution in [0.4, 0.5) is 5.69 Å². The van der Waals surface area contributed by atoms with Gasteiger partial charge in [0.05, 0.1) is 29.2 Å². The zero-order chi connectivity index (χ0) is 28.9. The van der Waals surface area contributed by atoms with Crippen LogP contribution in [0.1, 0.15) is 55.0 Å². The van der Waals surface area contributed by atoms with E-state index in [-0.39, 0.29) is 34.8 Å². The summed E-state index contributed by atoms with van der Waals surface area (Å²) < 4.78 is 13.4. The second-order valence-electron chi connectivity index (χ2n) is 10.1. The molecule has 0 radical (unpaired) electrons. The lowest BCUT2D eigenvalue weighted by atomic mass is 9.88. The number of anilines is 1. The number of hydrogen-bond donors (Lipinski definition) is 1. The van der Waals surface area contributed by atoms with Crippen LogP contribution in [0.15, 0.2) is 69.0 Å². The number of carbonyl (C=O) groups excluding carboxylic acids is 1. The van der Waals surface area contributed by atoms with Gasteiger partial charge in [0.25, 0.3) is 11.5 Å². The molecule has 0 unspecified atom stereocenters. The second-order valence-corrected chi connectivity index (χ2v) is 11.4. The third-order valence-corrected chi connectivity index (χ3v) is 7.83. The van der Waals surface area contributed by atoms with E-state index in [0.717, 1.165) is 35.7 Å². The lowest BCUT2D eigenvalue weighted by Gasteiger charge is -2.22. The van der Waals surface area contributed by atoms with E-state index in [9.17, 15) is 9.59 Å². The van der Waals surface area contributed by atoms with E-state index in [2.05, 4.69) is 26.3 Å². The van der Waals surface area contributed by atoms with E-state index in [0.29, 0.717) is 33.7 Å². The van der Waals surface area contributed by atoms with Crippen LogP contribution in [-0.2, 0) is 4.79 Å². The number of amides is 1. The lowest BCUT2D eigenvalue weighted by Crippen LogP contribution is -2.25. The molecule has 10 heteroatoms. The van der Waals surface area contributed by atoms with Gasteiger partial charge in [-0.3, -0.25) is 9.59 Å². The van der Waals surface area contributed by atoms with Crippen LogP contribution in [0, 0.1) is 6.92 Å². The molecule has 1 aliphatic carbocycles. The van der Waals surface area contributed by atoms with Crippen LogP contribution >= 0.6 is 27.5 Å². The van der Waals surface area contributed by atoms with Crippen molar-refractivity contribution in [3.8, 4) is 11.5 Å². The first-order valence-corrected chi connectivity index (χ1v) is 14.6. The summed E-state index contributed by atoms with van der Waals surface area (Å²) in [5, 5.41) is 8.11. The molecule has 41 heavy (non-hydrogen) atoms. The van der Waals surface area contributed by atoms with Crippen LogP contribution in [0.25, 0.3) is 10.9 Å². The molecular formula is C31H30BrClN4O4. The number of nitrogens with one attached hydrogen (secondary N) is 1. The standard InChI is InChI=1S/C31H30BrClN4O4/c1-19-8-11-23(12-9-19)35-28(38)18-41-29-25(33)14-20(15-27(29)40-2)17-34-37-30(21-6-4-3-5-7-21)36-26-13-10-22(32)16-24(26)31(37)39/h8-17,21H,3-7,18H2,1-2H3,(H,35,38). The Bertz CT molecular complexity index is 1660. The molecule has 1 aliphatic rings. The number of rotatable bonds is 8. The molecule has 0 atom stereocenters. The van der Waals surface area contributed by atoms with Crippen LogP contribution < -0.4 is 20.3 Å². The number of aryl methyl sites for hydroxylation is 1. The van der Waals surface area contributed by atoms with Gasteiger partial charge in [-0.2, -0.15) is 9.78 Å². The molecule has 3 aromatic carbocycles. The lowest BCUT2D eigenvalue weighted by molar-refractivity contribution is -0.118. The predicted octanol–water partition coefficient (Wildman–Crippen LogP) is 7.08. The van der Waals surface area contributed by atoms with Crippen molar-refractivity contribution in [2.75, 3.05) is 19.0 Å². The quantitative estimate of drug-likeness (QED) is 0.209. The molecule has 0 saturated heterocycles. The van der Waals surface area contributed by atoms with E-state index < -0.39 is 0 Å². The minimum absolute atomic E-state index is 0.154. The summed E-state index contributed by atoms with van der Waals surface area (Å²) in [4.78, 5) is 30.9. The Morgan fingerprint density at radius 3 is 2.63 bits per heavy atom. The molecule has 5 rings (SSSR count).